The highest BCUT2D eigenvalue weighted by Gasteiger charge is 2.30. The summed E-state index contributed by atoms with van der Waals surface area (Å²) >= 11 is 0. The number of anilines is 1. The predicted octanol–water partition coefficient (Wildman–Crippen LogP) is 3.49. The molecule has 0 bridgehead atoms. The van der Waals surface area contributed by atoms with Crippen LogP contribution in [0.5, 0.6) is 0 Å². The van der Waals surface area contributed by atoms with Crippen LogP contribution in [-0.4, -0.2) is 15.7 Å². The highest BCUT2D eigenvalue weighted by atomic mass is 19.1. The van der Waals surface area contributed by atoms with E-state index in [1.807, 2.05) is 30.3 Å². The second kappa shape index (κ2) is 5.35. The van der Waals surface area contributed by atoms with Gasteiger partial charge in [0, 0.05) is 17.9 Å². The zero-order valence-corrected chi connectivity index (χ0v) is 12.2. The van der Waals surface area contributed by atoms with Crippen LogP contribution in [0.15, 0.2) is 60.8 Å². The van der Waals surface area contributed by atoms with Gasteiger partial charge < -0.3 is 5.32 Å². The van der Waals surface area contributed by atoms with E-state index in [9.17, 15) is 9.18 Å². The molecule has 4 rings (SSSR count). The Bertz CT molecular complexity index is 856. The Hall–Kier alpha value is -2.95. The Morgan fingerprint density at radius 1 is 1.09 bits per heavy atom. The molecule has 4 nitrogen and oxygen atoms in total. The monoisotopic (exact) mass is 307 g/mol. The van der Waals surface area contributed by atoms with E-state index >= 15 is 0 Å². The minimum atomic E-state index is -0.283. The Morgan fingerprint density at radius 3 is 2.57 bits per heavy atom. The van der Waals surface area contributed by atoms with Gasteiger partial charge >= 0.3 is 0 Å². The van der Waals surface area contributed by atoms with Gasteiger partial charge in [0.1, 0.15) is 11.6 Å². The zero-order valence-electron chi connectivity index (χ0n) is 12.2. The molecular weight excluding hydrogens is 293 g/mol. The second-order valence-electron chi connectivity index (χ2n) is 5.55. The van der Waals surface area contributed by atoms with Gasteiger partial charge in [0.25, 0.3) is 0 Å². The number of hydrogen-bond acceptors (Lipinski definition) is 2. The molecule has 2 aromatic carbocycles. The highest BCUT2D eigenvalue weighted by Crippen LogP contribution is 2.37. The highest BCUT2D eigenvalue weighted by molar-refractivity contribution is 5.94. The largest absolute Gasteiger partial charge is 0.310 e. The van der Waals surface area contributed by atoms with Crippen molar-refractivity contribution in [2.75, 3.05) is 5.32 Å². The zero-order chi connectivity index (χ0) is 15.8. The summed E-state index contributed by atoms with van der Waals surface area (Å²) in [7, 11) is 0. The number of benzene rings is 2. The minimum Gasteiger partial charge on any atom is -0.310 e. The SMILES string of the molecule is O=C1C[C@@H](c2ccc(F)cc2)c2cnn(-c3ccccc3)c2N1. The molecule has 1 aromatic heterocycles. The Morgan fingerprint density at radius 2 is 1.83 bits per heavy atom. The third-order valence-electron chi connectivity index (χ3n) is 4.09. The summed E-state index contributed by atoms with van der Waals surface area (Å²) < 4.78 is 14.9. The van der Waals surface area contributed by atoms with Crippen LogP contribution in [-0.2, 0) is 4.79 Å². The summed E-state index contributed by atoms with van der Waals surface area (Å²) in [4.78, 5) is 12.1. The third kappa shape index (κ3) is 2.40. The molecule has 0 spiro atoms. The maximum Gasteiger partial charge on any atom is 0.226 e. The Kier molecular flexibility index (Phi) is 3.19. The molecule has 1 amide bonds. The molecule has 114 valence electrons. The number of fused-ring (bicyclic) bond motifs is 1. The van der Waals surface area contributed by atoms with E-state index in [-0.39, 0.29) is 17.6 Å². The van der Waals surface area contributed by atoms with Gasteiger partial charge in [0.05, 0.1) is 11.9 Å². The number of hydrogen-bond donors (Lipinski definition) is 1. The number of halogens is 1. The fourth-order valence-electron chi connectivity index (χ4n) is 2.98. The molecule has 1 atom stereocenters. The number of rotatable bonds is 2. The van der Waals surface area contributed by atoms with E-state index in [0.29, 0.717) is 12.2 Å². The van der Waals surface area contributed by atoms with E-state index in [1.165, 1.54) is 12.1 Å². The van der Waals surface area contributed by atoms with Gasteiger partial charge in [-0.25, -0.2) is 9.07 Å². The van der Waals surface area contributed by atoms with Crippen LogP contribution in [0.25, 0.3) is 5.69 Å². The van der Waals surface area contributed by atoms with Crippen LogP contribution in [0, 0.1) is 5.82 Å². The van der Waals surface area contributed by atoms with Gasteiger partial charge in [-0.05, 0) is 29.8 Å². The van der Waals surface area contributed by atoms with Crippen molar-refractivity contribution >= 4 is 11.7 Å². The smallest absolute Gasteiger partial charge is 0.226 e. The van der Waals surface area contributed by atoms with Crippen LogP contribution in [0.3, 0.4) is 0 Å². The lowest BCUT2D eigenvalue weighted by Crippen LogP contribution is -2.24. The van der Waals surface area contributed by atoms with E-state index < -0.39 is 0 Å². The van der Waals surface area contributed by atoms with Crippen molar-refractivity contribution in [3.8, 4) is 5.69 Å². The first-order valence-electron chi connectivity index (χ1n) is 7.41. The average Bonchev–Trinajstić information content (AvgIpc) is 2.99. The van der Waals surface area contributed by atoms with Gasteiger partial charge in [-0.1, -0.05) is 30.3 Å². The number of amides is 1. The van der Waals surface area contributed by atoms with Crippen LogP contribution in [0.1, 0.15) is 23.5 Å². The van der Waals surface area contributed by atoms with E-state index in [2.05, 4.69) is 10.4 Å². The molecule has 23 heavy (non-hydrogen) atoms. The van der Waals surface area contributed by atoms with Crippen LogP contribution in [0.2, 0.25) is 0 Å². The maximum absolute atomic E-state index is 13.2. The fourth-order valence-corrected chi connectivity index (χ4v) is 2.98. The maximum atomic E-state index is 13.2. The standard InChI is InChI=1S/C18H14FN3O/c19-13-8-6-12(7-9-13)15-10-17(23)21-18-16(15)11-20-22(18)14-4-2-1-3-5-14/h1-9,11,15H,10H2,(H,21,23)/t15-/m0/s1. The third-order valence-corrected chi connectivity index (χ3v) is 4.09. The van der Waals surface area contributed by atoms with Gasteiger partial charge in [-0.3, -0.25) is 4.79 Å². The summed E-state index contributed by atoms with van der Waals surface area (Å²) in [5.41, 5.74) is 2.74. The summed E-state index contributed by atoms with van der Waals surface area (Å²) in [6.07, 6.45) is 2.11. The number of carbonyl (C=O) groups excluding carboxylic acids is 1. The normalized spacial score (nSPS) is 16.7. The second-order valence-corrected chi connectivity index (χ2v) is 5.55. The van der Waals surface area contributed by atoms with Crippen LogP contribution < -0.4 is 5.32 Å². The first-order chi connectivity index (χ1) is 11.2. The van der Waals surface area contributed by atoms with Crippen molar-refractivity contribution in [1.29, 1.82) is 0 Å². The van der Waals surface area contributed by atoms with Crippen molar-refractivity contribution in [1.82, 2.24) is 9.78 Å². The summed E-state index contributed by atoms with van der Waals surface area (Å²) in [6.45, 7) is 0. The van der Waals surface area contributed by atoms with E-state index in [1.54, 1.807) is 23.0 Å². The minimum absolute atomic E-state index is 0.0653. The number of nitrogens with one attached hydrogen (secondary N) is 1. The Labute approximate surface area is 132 Å². The molecule has 0 radical (unpaired) electrons. The molecule has 0 aliphatic carbocycles. The molecule has 2 heterocycles. The molecule has 1 aliphatic heterocycles. The number of carbonyl (C=O) groups is 1. The van der Waals surface area contributed by atoms with Crippen molar-refractivity contribution in [2.45, 2.75) is 12.3 Å². The van der Waals surface area contributed by atoms with E-state index in [0.717, 1.165) is 16.8 Å². The molecule has 0 saturated carbocycles. The molecule has 0 fully saturated rings. The number of nitrogens with zero attached hydrogens (tertiary/aromatic N) is 2. The van der Waals surface area contributed by atoms with Crippen molar-refractivity contribution in [3.63, 3.8) is 0 Å². The first-order valence-corrected chi connectivity index (χ1v) is 7.41. The summed E-state index contributed by atoms with van der Waals surface area (Å²) in [6, 6.07) is 15.9. The average molecular weight is 307 g/mol. The molecule has 1 N–H and O–H groups in total. The van der Waals surface area contributed by atoms with Crippen LogP contribution in [0.4, 0.5) is 10.2 Å². The molecule has 1 aliphatic rings. The molecule has 0 saturated heterocycles. The fraction of sp³-hybridized carbons (Fsp3) is 0.111. The molecule has 3 aromatic rings. The number of para-hydroxylation sites is 1. The summed E-state index contributed by atoms with van der Waals surface area (Å²) in [5.74, 6) is 0.220. The van der Waals surface area contributed by atoms with Crippen molar-refractivity contribution in [2.24, 2.45) is 0 Å². The van der Waals surface area contributed by atoms with E-state index in [4.69, 9.17) is 0 Å². The summed E-state index contributed by atoms with van der Waals surface area (Å²) in [5, 5.41) is 7.33. The van der Waals surface area contributed by atoms with Crippen LogP contribution >= 0.6 is 0 Å². The lowest BCUT2D eigenvalue weighted by Gasteiger charge is -2.23. The van der Waals surface area contributed by atoms with Gasteiger partial charge in [0.2, 0.25) is 5.91 Å². The van der Waals surface area contributed by atoms with Crippen molar-refractivity contribution in [3.05, 3.63) is 77.7 Å². The first kappa shape index (κ1) is 13.7. The molecule has 5 heteroatoms. The predicted molar refractivity (Wildman–Crippen MR) is 85.1 cm³/mol. The molecule has 0 unspecified atom stereocenters. The quantitative estimate of drug-likeness (QED) is 0.788. The van der Waals surface area contributed by atoms with Gasteiger partial charge in [-0.2, -0.15) is 5.10 Å². The topological polar surface area (TPSA) is 46.9 Å². The van der Waals surface area contributed by atoms with Gasteiger partial charge in [-0.15, -0.1) is 0 Å². The van der Waals surface area contributed by atoms with Gasteiger partial charge in [0.15, 0.2) is 0 Å². The Balaban J connectivity index is 1.81. The number of aromatic nitrogens is 2. The molecular formula is C18H14FN3O. The lowest BCUT2D eigenvalue weighted by molar-refractivity contribution is -0.116. The lowest BCUT2D eigenvalue weighted by atomic mass is 9.87. The van der Waals surface area contributed by atoms with Crippen molar-refractivity contribution < 1.29 is 9.18 Å².